The highest BCUT2D eigenvalue weighted by molar-refractivity contribution is 5.44. The van der Waals surface area contributed by atoms with Crippen LogP contribution >= 0.6 is 0 Å². The molecule has 0 unspecified atom stereocenters. The lowest BCUT2D eigenvalue weighted by Gasteiger charge is -2.07. The average molecular weight is 232 g/mol. The van der Waals surface area contributed by atoms with Gasteiger partial charge in [-0.05, 0) is 6.07 Å². The Balaban J connectivity index is 1.87. The first-order valence-electron chi connectivity index (χ1n) is 5.49. The first-order valence-corrected chi connectivity index (χ1v) is 5.49. The molecule has 2 aromatic rings. The van der Waals surface area contributed by atoms with Crippen LogP contribution < -0.4 is 10.1 Å². The van der Waals surface area contributed by atoms with Crippen LogP contribution in [0.25, 0.3) is 0 Å². The van der Waals surface area contributed by atoms with Crippen molar-refractivity contribution >= 4 is 5.69 Å². The lowest BCUT2D eigenvalue weighted by atomic mass is 10.3. The zero-order chi connectivity index (χ0) is 12.1. The maximum Gasteiger partial charge on any atom is 0.214 e. The summed E-state index contributed by atoms with van der Waals surface area (Å²) >= 11 is 0. The van der Waals surface area contributed by atoms with Gasteiger partial charge in [-0.2, -0.15) is 0 Å². The average Bonchev–Trinajstić information content (AvgIpc) is 2.76. The fraction of sp³-hybridized carbons (Fsp3) is 0.333. The fourth-order valence-corrected chi connectivity index (χ4v) is 1.59. The van der Waals surface area contributed by atoms with E-state index in [1.165, 1.54) is 0 Å². The molecule has 2 aromatic heterocycles. The van der Waals surface area contributed by atoms with Crippen molar-refractivity contribution in [3.63, 3.8) is 0 Å². The van der Waals surface area contributed by atoms with E-state index in [2.05, 4.69) is 15.3 Å². The zero-order valence-corrected chi connectivity index (χ0v) is 10.1. The Bertz CT molecular complexity index is 481. The molecule has 0 amide bonds. The van der Waals surface area contributed by atoms with Crippen molar-refractivity contribution in [2.24, 2.45) is 7.05 Å². The first-order chi connectivity index (χ1) is 8.29. The topological polar surface area (TPSA) is 52.0 Å². The van der Waals surface area contributed by atoms with E-state index < -0.39 is 0 Å². The number of anilines is 1. The van der Waals surface area contributed by atoms with Gasteiger partial charge in [-0.1, -0.05) is 0 Å². The van der Waals surface area contributed by atoms with Crippen molar-refractivity contribution < 1.29 is 4.74 Å². The number of rotatable bonds is 5. The van der Waals surface area contributed by atoms with Gasteiger partial charge in [0.1, 0.15) is 5.82 Å². The SMILES string of the molecule is COc1cc(NCCc2nccn2C)ccn1. The molecular formula is C12H16N4O. The quantitative estimate of drug-likeness (QED) is 0.848. The second-order valence-electron chi connectivity index (χ2n) is 3.72. The van der Waals surface area contributed by atoms with Crippen LogP contribution in [0.2, 0.25) is 0 Å². The van der Waals surface area contributed by atoms with Gasteiger partial charge in [-0.25, -0.2) is 9.97 Å². The number of ether oxygens (including phenoxy) is 1. The van der Waals surface area contributed by atoms with Gasteiger partial charge in [0.2, 0.25) is 5.88 Å². The van der Waals surface area contributed by atoms with E-state index >= 15 is 0 Å². The number of aromatic nitrogens is 3. The lowest BCUT2D eigenvalue weighted by Crippen LogP contribution is -2.08. The number of hydrogen-bond acceptors (Lipinski definition) is 4. The van der Waals surface area contributed by atoms with Crippen LogP contribution in [-0.2, 0) is 13.5 Å². The van der Waals surface area contributed by atoms with E-state index in [0.717, 1.165) is 24.5 Å². The summed E-state index contributed by atoms with van der Waals surface area (Å²) in [7, 11) is 3.61. The van der Waals surface area contributed by atoms with Crippen molar-refractivity contribution in [2.75, 3.05) is 19.0 Å². The van der Waals surface area contributed by atoms with Crippen LogP contribution in [0, 0.1) is 0 Å². The number of pyridine rings is 1. The maximum atomic E-state index is 5.06. The molecule has 2 heterocycles. The zero-order valence-electron chi connectivity index (χ0n) is 10.1. The molecule has 2 rings (SSSR count). The minimum absolute atomic E-state index is 0.618. The van der Waals surface area contributed by atoms with Crippen molar-refractivity contribution in [2.45, 2.75) is 6.42 Å². The van der Waals surface area contributed by atoms with Crippen molar-refractivity contribution in [1.29, 1.82) is 0 Å². The molecular weight excluding hydrogens is 216 g/mol. The smallest absolute Gasteiger partial charge is 0.214 e. The van der Waals surface area contributed by atoms with E-state index in [1.54, 1.807) is 13.3 Å². The minimum atomic E-state index is 0.618. The predicted octanol–water partition coefficient (Wildman–Crippen LogP) is 1.48. The third-order valence-electron chi connectivity index (χ3n) is 2.54. The van der Waals surface area contributed by atoms with Crippen LogP contribution in [0.5, 0.6) is 5.88 Å². The molecule has 0 saturated carbocycles. The van der Waals surface area contributed by atoms with Crippen LogP contribution in [0.3, 0.4) is 0 Å². The maximum absolute atomic E-state index is 5.06. The van der Waals surface area contributed by atoms with Gasteiger partial charge in [0.25, 0.3) is 0 Å². The molecule has 0 radical (unpaired) electrons. The van der Waals surface area contributed by atoms with Gasteiger partial charge in [0.15, 0.2) is 0 Å². The molecule has 90 valence electrons. The predicted molar refractivity (Wildman–Crippen MR) is 66.2 cm³/mol. The number of nitrogens with zero attached hydrogens (tertiary/aromatic N) is 3. The summed E-state index contributed by atoms with van der Waals surface area (Å²) in [4.78, 5) is 8.32. The molecule has 0 fully saturated rings. The minimum Gasteiger partial charge on any atom is -0.481 e. The van der Waals surface area contributed by atoms with Gasteiger partial charge < -0.3 is 14.6 Å². The van der Waals surface area contributed by atoms with Gasteiger partial charge in [-0.15, -0.1) is 0 Å². The largest absolute Gasteiger partial charge is 0.481 e. The van der Waals surface area contributed by atoms with Crippen LogP contribution in [0.4, 0.5) is 5.69 Å². The van der Waals surface area contributed by atoms with Gasteiger partial charge in [0, 0.05) is 50.4 Å². The Morgan fingerprint density at radius 3 is 2.94 bits per heavy atom. The molecule has 0 aliphatic carbocycles. The van der Waals surface area contributed by atoms with E-state index in [4.69, 9.17) is 4.74 Å². The number of nitrogens with one attached hydrogen (secondary N) is 1. The highest BCUT2D eigenvalue weighted by Crippen LogP contribution is 2.13. The summed E-state index contributed by atoms with van der Waals surface area (Å²) in [6, 6.07) is 3.79. The Morgan fingerprint density at radius 2 is 2.24 bits per heavy atom. The highest BCUT2D eigenvalue weighted by Gasteiger charge is 1.99. The molecule has 0 atom stereocenters. The molecule has 0 aliphatic rings. The third-order valence-corrected chi connectivity index (χ3v) is 2.54. The monoisotopic (exact) mass is 232 g/mol. The summed E-state index contributed by atoms with van der Waals surface area (Å²) in [5.41, 5.74) is 1.01. The number of imidazole rings is 1. The number of hydrogen-bond donors (Lipinski definition) is 1. The van der Waals surface area contributed by atoms with Crippen LogP contribution in [0.15, 0.2) is 30.7 Å². The highest BCUT2D eigenvalue weighted by atomic mass is 16.5. The van der Waals surface area contributed by atoms with Gasteiger partial charge >= 0.3 is 0 Å². The summed E-state index contributed by atoms with van der Waals surface area (Å²) in [5, 5.41) is 3.31. The lowest BCUT2D eigenvalue weighted by molar-refractivity contribution is 0.398. The first kappa shape index (κ1) is 11.4. The van der Waals surface area contributed by atoms with Gasteiger partial charge in [0.05, 0.1) is 7.11 Å². The molecule has 5 heteroatoms. The summed E-state index contributed by atoms with van der Waals surface area (Å²) < 4.78 is 7.08. The van der Waals surface area contributed by atoms with E-state index in [1.807, 2.05) is 36.1 Å². The van der Waals surface area contributed by atoms with E-state index in [9.17, 15) is 0 Å². The second kappa shape index (κ2) is 5.34. The molecule has 0 bridgehead atoms. The Kier molecular flexibility index (Phi) is 3.59. The molecule has 5 nitrogen and oxygen atoms in total. The molecule has 0 spiro atoms. The van der Waals surface area contributed by atoms with Gasteiger partial charge in [-0.3, -0.25) is 0 Å². The second-order valence-corrected chi connectivity index (χ2v) is 3.72. The Hall–Kier alpha value is -2.04. The van der Waals surface area contributed by atoms with Crippen molar-refractivity contribution in [3.8, 4) is 5.88 Å². The molecule has 0 saturated heterocycles. The molecule has 17 heavy (non-hydrogen) atoms. The number of aryl methyl sites for hydroxylation is 1. The summed E-state index contributed by atoms with van der Waals surface area (Å²) in [6.07, 6.45) is 6.37. The van der Waals surface area contributed by atoms with Crippen molar-refractivity contribution in [1.82, 2.24) is 14.5 Å². The summed E-state index contributed by atoms with van der Waals surface area (Å²) in [6.45, 7) is 0.831. The van der Waals surface area contributed by atoms with Crippen LogP contribution in [-0.4, -0.2) is 28.2 Å². The molecule has 1 N–H and O–H groups in total. The number of methoxy groups -OCH3 is 1. The van der Waals surface area contributed by atoms with Crippen molar-refractivity contribution in [3.05, 3.63) is 36.5 Å². The Labute approximate surface area is 100 Å². The van der Waals surface area contributed by atoms with E-state index in [0.29, 0.717) is 5.88 Å². The third kappa shape index (κ3) is 2.96. The van der Waals surface area contributed by atoms with E-state index in [-0.39, 0.29) is 0 Å². The molecule has 0 aromatic carbocycles. The van der Waals surface area contributed by atoms with Crippen LogP contribution in [0.1, 0.15) is 5.82 Å². The standard InChI is InChI=1S/C12H16N4O/c1-16-8-7-14-11(16)4-6-13-10-3-5-15-12(9-10)17-2/h3,5,7-9H,4,6H2,1-2H3,(H,13,15). The summed E-state index contributed by atoms with van der Waals surface area (Å²) in [5.74, 6) is 1.69. The fourth-order valence-electron chi connectivity index (χ4n) is 1.59. The Morgan fingerprint density at radius 1 is 1.35 bits per heavy atom. The normalized spacial score (nSPS) is 10.2. The molecule has 0 aliphatic heterocycles.